The number of fused-ring (bicyclic) bond motifs is 1. The van der Waals surface area contributed by atoms with Crippen molar-refractivity contribution in [1.82, 2.24) is 4.57 Å². The van der Waals surface area contributed by atoms with E-state index in [1.807, 2.05) is 57.2 Å². The Kier molecular flexibility index (Phi) is 6.82. The van der Waals surface area contributed by atoms with Gasteiger partial charge in [-0.15, -0.1) is 0 Å². The van der Waals surface area contributed by atoms with Crippen LogP contribution in [0, 0.1) is 0 Å². The van der Waals surface area contributed by atoms with Gasteiger partial charge < -0.3 is 9.47 Å². The van der Waals surface area contributed by atoms with Crippen LogP contribution in [0.4, 0.5) is 4.79 Å². The summed E-state index contributed by atoms with van der Waals surface area (Å²) in [6.45, 7) is 14.2. The Morgan fingerprint density at radius 2 is 1.70 bits per heavy atom. The first-order chi connectivity index (χ1) is 15.4. The summed E-state index contributed by atoms with van der Waals surface area (Å²) >= 11 is 0. The predicted octanol–water partition coefficient (Wildman–Crippen LogP) is 6.97. The van der Waals surface area contributed by atoms with Crippen molar-refractivity contribution < 1.29 is 19.1 Å². The Labute approximate surface area is 196 Å². The molecule has 2 aromatic carbocycles. The van der Waals surface area contributed by atoms with E-state index in [0.29, 0.717) is 6.61 Å². The molecule has 0 amide bonds. The van der Waals surface area contributed by atoms with Gasteiger partial charge in [-0.2, -0.15) is 0 Å². The topological polar surface area (TPSA) is 57.5 Å². The summed E-state index contributed by atoms with van der Waals surface area (Å²) in [6.07, 6.45) is 2.69. The fourth-order valence-electron chi connectivity index (χ4n) is 3.55. The first-order valence-electron chi connectivity index (χ1n) is 11.2. The number of hydrogen-bond acceptors (Lipinski definition) is 4. The highest BCUT2D eigenvalue weighted by molar-refractivity contribution is 5.97. The minimum atomic E-state index is -0.624. The molecule has 0 fully saturated rings. The summed E-state index contributed by atoms with van der Waals surface area (Å²) in [5.41, 5.74) is 3.81. The average Bonchev–Trinajstić information content (AvgIpc) is 3.10. The van der Waals surface area contributed by atoms with Crippen molar-refractivity contribution in [1.29, 1.82) is 0 Å². The van der Waals surface area contributed by atoms with E-state index >= 15 is 0 Å². The molecule has 174 valence electrons. The molecule has 0 spiro atoms. The molecule has 0 bridgehead atoms. The Morgan fingerprint density at radius 3 is 2.33 bits per heavy atom. The van der Waals surface area contributed by atoms with Gasteiger partial charge in [0.2, 0.25) is 0 Å². The first-order valence-corrected chi connectivity index (χ1v) is 11.2. The van der Waals surface area contributed by atoms with E-state index in [0.717, 1.165) is 27.7 Å². The lowest BCUT2D eigenvalue weighted by Gasteiger charge is -2.22. The van der Waals surface area contributed by atoms with Crippen LogP contribution < -0.4 is 0 Å². The van der Waals surface area contributed by atoms with Crippen LogP contribution in [0.15, 0.2) is 54.6 Å². The van der Waals surface area contributed by atoms with E-state index < -0.39 is 11.7 Å². The number of hydrogen-bond donors (Lipinski definition) is 0. The van der Waals surface area contributed by atoms with Crippen molar-refractivity contribution in [2.45, 2.75) is 59.5 Å². The number of carbonyl (C=O) groups is 2. The van der Waals surface area contributed by atoms with Crippen molar-refractivity contribution in [2.75, 3.05) is 6.61 Å². The molecule has 0 saturated carbocycles. The molecule has 0 saturated heterocycles. The van der Waals surface area contributed by atoms with Crippen molar-refractivity contribution >= 4 is 29.0 Å². The standard InChI is InChI=1S/C28H33NO4/c1-8-32-25(30)15-13-19-12-14-23-21(16-19)18-24(29(23)26(31)33-28(5,6)7)20-10-9-11-22(17-20)27(2,3)4/h9-18H,8H2,1-7H3/b15-13+. The molecule has 0 aliphatic rings. The third-order valence-electron chi connectivity index (χ3n) is 5.12. The van der Waals surface area contributed by atoms with Gasteiger partial charge in [0.15, 0.2) is 0 Å². The summed E-state index contributed by atoms with van der Waals surface area (Å²) < 4.78 is 12.3. The normalized spacial score (nSPS) is 12.3. The summed E-state index contributed by atoms with van der Waals surface area (Å²) in [6, 6.07) is 15.9. The fourth-order valence-corrected chi connectivity index (χ4v) is 3.55. The number of benzene rings is 2. The molecule has 0 unspecified atom stereocenters. The zero-order valence-electron chi connectivity index (χ0n) is 20.6. The van der Waals surface area contributed by atoms with Gasteiger partial charge in [0, 0.05) is 11.5 Å². The van der Waals surface area contributed by atoms with Crippen molar-refractivity contribution in [2.24, 2.45) is 0 Å². The second-order valence-corrected chi connectivity index (χ2v) is 10.1. The quantitative estimate of drug-likeness (QED) is 0.320. The smallest absolute Gasteiger partial charge is 0.419 e. The van der Waals surface area contributed by atoms with Crippen molar-refractivity contribution in [3.05, 3.63) is 65.7 Å². The number of ether oxygens (including phenoxy) is 2. The molecule has 0 radical (unpaired) electrons. The Balaban J connectivity index is 2.15. The number of carbonyl (C=O) groups excluding carboxylic acids is 2. The van der Waals surface area contributed by atoms with Gasteiger partial charge in [-0.1, -0.05) is 45.0 Å². The SMILES string of the molecule is CCOC(=O)/C=C/c1ccc2c(c1)cc(-c1cccc(C(C)(C)C)c1)n2C(=O)OC(C)(C)C. The van der Waals surface area contributed by atoms with Gasteiger partial charge in [0.1, 0.15) is 5.60 Å². The van der Waals surface area contributed by atoms with Crippen molar-refractivity contribution in [3.8, 4) is 11.3 Å². The summed E-state index contributed by atoms with van der Waals surface area (Å²) in [5.74, 6) is -0.386. The third kappa shape index (κ3) is 5.92. The summed E-state index contributed by atoms with van der Waals surface area (Å²) in [5, 5.41) is 0.878. The van der Waals surface area contributed by atoms with Gasteiger partial charge in [0.05, 0.1) is 17.8 Å². The van der Waals surface area contributed by atoms with Gasteiger partial charge in [0.25, 0.3) is 0 Å². The molecule has 5 heteroatoms. The minimum absolute atomic E-state index is 0.0240. The lowest BCUT2D eigenvalue weighted by Crippen LogP contribution is -2.27. The second-order valence-electron chi connectivity index (χ2n) is 10.1. The van der Waals surface area contributed by atoms with Crippen LogP contribution in [0.5, 0.6) is 0 Å². The molecule has 0 aliphatic heterocycles. The Bertz CT molecular complexity index is 1200. The van der Waals surface area contributed by atoms with E-state index in [2.05, 4.69) is 32.9 Å². The van der Waals surface area contributed by atoms with E-state index in [1.54, 1.807) is 17.6 Å². The Hall–Kier alpha value is -3.34. The molecule has 5 nitrogen and oxygen atoms in total. The number of aromatic nitrogens is 1. The van der Waals surface area contributed by atoms with Crippen molar-refractivity contribution in [3.63, 3.8) is 0 Å². The lowest BCUT2D eigenvalue weighted by molar-refractivity contribution is -0.137. The molecular weight excluding hydrogens is 414 g/mol. The molecule has 3 rings (SSSR count). The second kappa shape index (κ2) is 9.26. The molecule has 1 heterocycles. The van der Waals surface area contributed by atoms with Gasteiger partial charge >= 0.3 is 12.1 Å². The first kappa shape index (κ1) is 24.3. The van der Waals surface area contributed by atoms with Crippen LogP contribution in [-0.2, 0) is 19.7 Å². The Morgan fingerprint density at radius 1 is 0.970 bits per heavy atom. The van der Waals surface area contributed by atoms with Gasteiger partial charge in [-0.3, -0.25) is 0 Å². The predicted molar refractivity (Wildman–Crippen MR) is 133 cm³/mol. The van der Waals surface area contributed by atoms with Crippen LogP contribution in [0.2, 0.25) is 0 Å². The van der Waals surface area contributed by atoms with Crippen LogP contribution in [-0.4, -0.2) is 28.8 Å². The molecule has 0 N–H and O–H groups in total. The number of esters is 1. The zero-order valence-corrected chi connectivity index (χ0v) is 20.6. The maximum Gasteiger partial charge on any atom is 0.419 e. The average molecular weight is 448 g/mol. The monoisotopic (exact) mass is 447 g/mol. The molecule has 33 heavy (non-hydrogen) atoms. The van der Waals surface area contributed by atoms with E-state index in [-0.39, 0.29) is 11.4 Å². The number of nitrogens with zero attached hydrogens (tertiary/aromatic N) is 1. The van der Waals surface area contributed by atoms with Gasteiger partial charge in [-0.25, -0.2) is 14.2 Å². The molecule has 3 aromatic rings. The molecule has 1 aromatic heterocycles. The summed E-state index contributed by atoms with van der Waals surface area (Å²) in [4.78, 5) is 24.9. The highest BCUT2D eigenvalue weighted by Gasteiger charge is 2.24. The van der Waals surface area contributed by atoms with Gasteiger partial charge in [-0.05, 0) is 80.1 Å². The summed E-state index contributed by atoms with van der Waals surface area (Å²) in [7, 11) is 0. The maximum atomic E-state index is 13.2. The number of rotatable bonds is 4. The van der Waals surface area contributed by atoms with E-state index in [1.165, 1.54) is 11.6 Å². The molecular formula is C28H33NO4. The third-order valence-corrected chi connectivity index (χ3v) is 5.12. The lowest BCUT2D eigenvalue weighted by atomic mass is 9.86. The van der Waals surface area contributed by atoms with Crippen LogP contribution >= 0.6 is 0 Å². The van der Waals surface area contributed by atoms with Crippen LogP contribution in [0.25, 0.3) is 28.2 Å². The van der Waals surface area contributed by atoms with Crippen LogP contribution in [0.1, 0.15) is 59.6 Å². The molecule has 0 aliphatic carbocycles. The van der Waals surface area contributed by atoms with E-state index in [4.69, 9.17) is 9.47 Å². The zero-order chi connectivity index (χ0) is 24.4. The fraction of sp³-hybridized carbons (Fsp3) is 0.357. The largest absolute Gasteiger partial charge is 0.463 e. The minimum Gasteiger partial charge on any atom is -0.463 e. The molecule has 0 atom stereocenters. The van der Waals surface area contributed by atoms with E-state index in [9.17, 15) is 9.59 Å². The van der Waals surface area contributed by atoms with Crippen LogP contribution in [0.3, 0.4) is 0 Å². The highest BCUT2D eigenvalue weighted by atomic mass is 16.6. The highest BCUT2D eigenvalue weighted by Crippen LogP contribution is 2.33. The maximum absolute atomic E-state index is 13.2.